The molecule has 0 saturated heterocycles. The summed E-state index contributed by atoms with van der Waals surface area (Å²) < 4.78 is 26.1. The Bertz CT molecular complexity index is 960. The van der Waals surface area contributed by atoms with Crippen LogP contribution in [-0.4, -0.2) is 37.7 Å². The van der Waals surface area contributed by atoms with Crippen LogP contribution in [0.3, 0.4) is 0 Å². The third-order valence-electron chi connectivity index (χ3n) is 3.38. The van der Waals surface area contributed by atoms with Crippen LogP contribution in [0.1, 0.15) is 9.80 Å². The van der Waals surface area contributed by atoms with Gasteiger partial charge in [0.2, 0.25) is 10.0 Å². The number of thiazole rings is 1. The lowest BCUT2D eigenvalue weighted by Gasteiger charge is -2.11. The third-order valence-corrected chi connectivity index (χ3v) is 6.24. The molecule has 3 rings (SSSR count). The van der Waals surface area contributed by atoms with E-state index < -0.39 is 10.0 Å². The first-order chi connectivity index (χ1) is 11.4. The average Bonchev–Trinajstić information content (AvgIpc) is 2.99. The highest BCUT2D eigenvalue weighted by atomic mass is 32.2. The fourth-order valence-electron chi connectivity index (χ4n) is 2.07. The van der Waals surface area contributed by atoms with E-state index in [2.05, 4.69) is 10.3 Å². The molecule has 0 atom stereocenters. The van der Waals surface area contributed by atoms with Crippen LogP contribution < -0.4 is 5.32 Å². The molecule has 0 aliphatic carbocycles. The lowest BCUT2D eigenvalue weighted by atomic mass is 10.3. The van der Waals surface area contributed by atoms with E-state index in [0.717, 1.165) is 14.5 Å². The van der Waals surface area contributed by atoms with E-state index in [1.807, 2.05) is 24.3 Å². The highest BCUT2D eigenvalue weighted by molar-refractivity contribution is 7.89. The second kappa shape index (κ2) is 6.31. The molecule has 3 aromatic rings. The minimum Gasteiger partial charge on any atom is -0.320 e. The van der Waals surface area contributed by atoms with Crippen molar-refractivity contribution in [3.63, 3.8) is 0 Å². The Kier molecular flexibility index (Phi) is 4.35. The lowest BCUT2D eigenvalue weighted by molar-refractivity contribution is 0.102. The van der Waals surface area contributed by atoms with Gasteiger partial charge in [-0.15, -0.1) is 11.3 Å². The van der Waals surface area contributed by atoms with E-state index in [0.29, 0.717) is 10.7 Å². The number of rotatable bonds is 4. The summed E-state index contributed by atoms with van der Waals surface area (Å²) in [5.74, 6) is -0.320. The first kappa shape index (κ1) is 16.6. The Balaban J connectivity index is 1.79. The van der Waals surface area contributed by atoms with Crippen LogP contribution in [-0.2, 0) is 10.0 Å². The van der Waals surface area contributed by atoms with Crippen LogP contribution in [0, 0.1) is 0 Å². The summed E-state index contributed by atoms with van der Waals surface area (Å²) in [7, 11) is -0.541. The quantitative estimate of drug-likeness (QED) is 0.775. The zero-order chi connectivity index (χ0) is 17.3. The second-order valence-electron chi connectivity index (χ2n) is 5.25. The number of para-hydroxylation sites is 1. The van der Waals surface area contributed by atoms with Gasteiger partial charge in [-0.05, 0) is 36.4 Å². The molecule has 0 bridgehead atoms. The van der Waals surface area contributed by atoms with Crippen molar-refractivity contribution in [1.82, 2.24) is 9.29 Å². The number of nitrogens with zero attached hydrogens (tertiary/aromatic N) is 2. The minimum absolute atomic E-state index is 0.172. The van der Waals surface area contributed by atoms with Crippen LogP contribution in [0.25, 0.3) is 10.2 Å². The van der Waals surface area contributed by atoms with Crippen LogP contribution in [0.15, 0.2) is 53.4 Å². The van der Waals surface area contributed by atoms with E-state index in [4.69, 9.17) is 0 Å². The predicted molar refractivity (Wildman–Crippen MR) is 94.9 cm³/mol. The fraction of sp³-hybridized carbons (Fsp3) is 0.125. The number of hydrogen-bond acceptors (Lipinski definition) is 5. The van der Waals surface area contributed by atoms with Crippen molar-refractivity contribution < 1.29 is 13.2 Å². The molecule has 0 radical (unpaired) electrons. The molecule has 0 fully saturated rings. The van der Waals surface area contributed by atoms with Crippen LogP contribution in [0.2, 0.25) is 0 Å². The normalized spacial score (nSPS) is 11.8. The maximum absolute atomic E-state index is 12.3. The van der Waals surface area contributed by atoms with Gasteiger partial charge in [-0.3, -0.25) is 4.79 Å². The Labute approximate surface area is 143 Å². The minimum atomic E-state index is -3.48. The van der Waals surface area contributed by atoms with Gasteiger partial charge in [-0.1, -0.05) is 12.1 Å². The van der Waals surface area contributed by atoms with Gasteiger partial charge in [0.25, 0.3) is 5.91 Å². The zero-order valence-electron chi connectivity index (χ0n) is 13.1. The van der Waals surface area contributed by atoms with Crippen molar-refractivity contribution in [2.24, 2.45) is 0 Å². The summed E-state index contributed by atoms with van der Waals surface area (Å²) in [6.45, 7) is 0. The van der Waals surface area contributed by atoms with E-state index in [9.17, 15) is 13.2 Å². The predicted octanol–water partition coefficient (Wildman–Crippen LogP) is 2.80. The summed E-state index contributed by atoms with van der Waals surface area (Å²) in [4.78, 5) is 16.7. The van der Waals surface area contributed by atoms with Gasteiger partial charge < -0.3 is 5.32 Å². The maximum Gasteiger partial charge on any atom is 0.284 e. The van der Waals surface area contributed by atoms with Crippen molar-refractivity contribution in [1.29, 1.82) is 0 Å². The molecule has 0 spiro atoms. The van der Waals surface area contributed by atoms with Gasteiger partial charge in [0, 0.05) is 19.8 Å². The Hall–Kier alpha value is -2.29. The molecule has 1 N–H and O–H groups in total. The van der Waals surface area contributed by atoms with Crippen LogP contribution >= 0.6 is 11.3 Å². The van der Waals surface area contributed by atoms with E-state index in [-0.39, 0.29) is 10.8 Å². The van der Waals surface area contributed by atoms with Crippen molar-refractivity contribution in [2.45, 2.75) is 4.90 Å². The number of amides is 1. The summed E-state index contributed by atoms with van der Waals surface area (Å²) >= 11 is 1.31. The molecule has 1 amide bonds. The molecule has 1 heterocycles. The molecule has 0 aliphatic heterocycles. The molecule has 6 nitrogen and oxygen atoms in total. The largest absolute Gasteiger partial charge is 0.320 e. The Morgan fingerprint density at radius 1 is 1.08 bits per heavy atom. The van der Waals surface area contributed by atoms with Gasteiger partial charge in [0.15, 0.2) is 5.01 Å². The number of nitrogens with one attached hydrogen (secondary N) is 1. The third kappa shape index (κ3) is 3.16. The Morgan fingerprint density at radius 2 is 1.75 bits per heavy atom. The highest BCUT2D eigenvalue weighted by Gasteiger charge is 2.17. The van der Waals surface area contributed by atoms with Gasteiger partial charge in [-0.2, -0.15) is 0 Å². The Morgan fingerprint density at radius 3 is 2.38 bits per heavy atom. The van der Waals surface area contributed by atoms with Crippen LogP contribution in [0.5, 0.6) is 0 Å². The summed E-state index contributed by atoms with van der Waals surface area (Å²) in [6.07, 6.45) is 0. The summed E-state index contributed by atoms with van der Waals surface area (Å²) in [5.41, 5.74) is 1.29. The number of carbonyl (C=O) groups is 1. The maximum atomic E-state index is 12.3. The topological polar surface area (TPSA) is 79.4 Å². The molecular formula is C16H15N3O3S2. The standard InChI is InChI=1S/C16H15N3O3S2/c1-19(2)24(21,22)12-9-7-11(8-10-12)17-15(20)16-18-13-5-3-4-6-14(13)23-16/h3-10H,1-2H3,(H,17,20). The molecule has 124 valence electrons. The first-order valence-electron chi connectivity index (χ1n) is 7.07. The molecule has 1 aromatic heterocycles. The second-order valence-corrected chi connectivity index (χ2v) is 8.44. The lowest BCUT2D eigenvalue weighted by Crippen LogP contribution is -2.22. The number of aromatic nitrogens is 1. The molecule has 2 aromatic carbocycles. The molecule has 0 saturated carbocycles. The number of benzene rings is 2. The van der Waals surface area contributed by atoms with E-state index in [1.54, 1.807) is 12.1 Å². The first-order valence-corrected chi connectivity index (χ1v) is 9.33. The van der Waals surface area contributed by atoms with Crippen LogP contribution in [0.4, 0.5) is 5.69 Å². The summed E-state index contributed by atoms with van der Waals surface area (Å²) in [5, 5.41) is 3.09. The number of fused-ring (bicyclic) bond motifs is 1. The SMILES string of the molecule is CN(C)S(=O)(=O)c1ccc(NC(=O)c2nc3ccccc3s2)cc1. The molecular weight excluding hydrogens is 346 g/mol. The zero-order valence-corrected chi connectivity index (χ0v) is 14.7. The van der Waals surface area contributed by atoms with E-state index in [1.165, 1.54) is 37.6 Å². The molecule has 0 aliphatic rings. The van der Waals surface area contributed by atoms with Crippen molar-refractivity contribution >= 4 is 43.2 Å². The number of carbonyl (C=O) groups excluding carboxylic acids is 1. The fourth-order valence-corrected chi connectivity index (χ4v) is 3.84. The highest BCUT2D eigenvalue weighted by Crippen LogP contribution is 2.23. The average molecular weight is 361 g/mol. The van der Waals surface area contributed by atoms with Crippen molar-refractivity contribution in [2.75, 3.05) is 19.4 Å². The van der Waals surface area contributed by atoms with Gasteiger partial charge in [0.05, 0.1) is 15.1 Å². The number of anilines is 1. The molecule has 0 unspecified atom stereocenters. The van der Waals surface area contributed by atoms with Crippen molar-refractivity contribution in [3.05, 3.63) is 53.5 Å². The van der Waals surface area contributed by atoms with Crippen molar-refractivity contribution in [3.8, 4) is 0 Å². The summed E-state index contributed by atoms with van der Waals surface area (Å²) in [6, 6.07) is 13.6. The van der Waals surface area contributed by atoms with Gasteiger partial charge >= 0.3 is 0 Å². The molecule has 8 heteroatoms. The monoisotopic (exact) mass is 361 g/mol. The molecule has 24 heavy (non-hydrogen) atoms. The number of hydrogen-bond donors (Lipinski definition) is 1. The number of sulfonamides is 1. The van der Waals surface area contributed by atoms with Gasteiger partial charge in [0.1, 0.15) is 0 Å². The van der Waals surface area contributed by atoms with E-state index >= 15 is 0 Å². The van der Waals surface area contributed by atoms with Gasteiger partial charge in [-0.25, -0.2) is 17.7 Å². The smallest absolute Gasteiger partial charge is 0.284 e.